The number of hydrogen-bond donors (Lipinski definition) is 1. The second kappa shape index (κ2) is 8.82. The highest BCUT2D eigenvalue weighted by Gasteiger charge is 2.20. The molecule has 0 spiro atoms. The van der Waals surface area contributed by atoms with Crippen LogP contribution in [0, 0.1) is 20.8 Å². The second-order valence-corrected chi connectivity index (χ2v) is 6.92. The molecule has 0 aliphatic rings. The lowest BCUT2D eigenvalue weighted by Crippen LogP contribution is -2.40. The number of hydrogen-bond acceptors (Lipinski definition) is 4. The van der Waals surface area contributed by atoms with Crippen LogP contribution in [0.5, 0.6) is 0 Å². The van der Waals surface area contributed by atoms with Gasteiger partial charge in [-0.2, -0.15) is 0 Å². The number of esters is 1. The highest BCUT2D eigenvalue weighted by molar-refractivity contribution is 6.30. The van der Waals surface area contributed by atoms with Gasteiger partial charge in [-0.3, -0.25) is 9.59 Å². The number of carbonyl (C=O) groups excluding carboxylic acids is 3. The molecule has 2 aromatic rings. The van der Waals surface area contributed by atoms with E-state index in [4.69, 9.17) is 16.3 Å². The molecule has 5 nitrogen and oxygen atoms in total. The van der Waals surface area contributed by atoms with E-state index in [9.17, 15) is 14.4 Å². The van der Waals surface area contributed by atoms with E-state index in [1.165, 1.54) is 6.92 Å². The third kappa shape index (κ3) is 5.41. The molecular weight excluding hydrogens is 366 g/mol. The smallest absolute Gasteiger partial charge is 0.328 e. The Balaban J connectivity index is 1.92. The average Bonchev–Trinajstić information content (AvgIpc) is 2.62. The molecule has 0 bridgehead atoms. The van der Waals surface area contributed by atoms with E-state index in [1.54, 1.807) is 30.3 Å². The van der Waals surface area contributed by atoms with Gasteiger partial charge in [0, 0.05) is 16.1 Å². The Bertz CT molecular complexity index is 874. The van der Waals surface area contributed by atoms with Crippen LogP contribution in [0.3, 0.4) is 0 Å². The average molecular weight is 388 g/mol. The van der Waals surface area contributed by atoms with Crippen molar-refractivity contribution in [2.45, 2.75) is 33.7 Å². The van der Waals surface area contributed by atoms with Crippen LogP contribution in [0.25, 0.3) is 0 Å². The Morgan fingerprint density at radius 3 is 2.22 bits per heavy atom. The number of halogens is 1. The zero-order valence-corrected chi connectivity index (χ0v) is 16.5. The normalized spacial score (nSPS) is 11.6. The fraction of sp³-hybridized carbons (Fsp3) is 0.286. The van der Waals surface area contributed by atoms with Crippen LogP contribution in [-0.2, 0) is 9.53 Å². The van der Waals surface area contributed by atoms with Gasteiger partial charge in [0.25, 0.3) is 5.91 Å². The van der Waals surface area contributed by atoms with Crippen LogP contribution in [0.1, 0.15) is 44.3 Å². The summed E-state index contributed by atoms with van der Waals surface area (Å²) in [6, 6.07) is 9.13. The SMILES string of the molecule is Cc1cc(C)c(C(=O)COC(=O)[C@H](C)NC(=O)c2ccc(Cl)cc2)cc1C. The maximum atomic E-state index is 12.4. The first-order valence-electron chi connectivity index (χ1n) is 8.53. The lowest BCUT2D eigenvalue weighted by molar-refractivity contribution is -0.144. The molecule has 0 heterocycles. The molecule has 142 valence electrons. The highest BCUT2D eigenvalue weighted by Crippen LogP contribution is 2.16. The van der Waals surface area contributed by atoms with Crippen LogP contribution in [0.2, 0.25) is 5.02 Å². The van der Waals surface area contributed by atoms with Crippen molar-refractivity contribution in [3.63, 3.8) is 0 Å². The van der Waals surface area contributed by atoms with Crippen molar-refractivity contribution in [2.75, 3.05) is 6.61 Å². The van der Waals surface area contributed by atoms with Gasteiger partial charge in [0.1, 0.15) is 6.04 Å². The fourth-order valence-corrected chi connectivity index (χ4v) is 2.67. The Hall–Kier alpha value is -2.66. The first-order valence-corrected chi connectivity index (χ1v) is 8.91. The van der Waals surface area contributed by atoms with E-state index in [2.05, 4.69) is 5.32 Å². The summed E-state index contributed by atoms with van der Waals surface area (Å²) < 4.78 is 5.08. The number of Topliss-reactive ketones (excluding diaryl/α,β-unsaturated/α-hetero) is 1. The van der Waals surface area contributed by atoms with Crippen molar-refractivity contribution in [1.29, 1.82) is 0 Å². The maximum absolute atomic E-state index is 12.4. The van der Waals surface area contributed by atoms with Crippen LogP contribution in [0.15, 0.2) is 36.4 Å². The quantitative estimate of drug-likeness (QED) is 0.604. The molecule has 6 heteroatoms. The molecule has 1 amide bonds. The first kappa shape index (κ1) is 20.6. The summed E-state index contributed by atoms with van der Waals surface area (Å²) in [4.78, 5) is 36.6. The molecule has 0 aromatic heterocycles. The predicted octanol–water partition coefficient (Wildman–Crippen LogP) is 3.81. The van der Waals surface area contributed by atoms with Crippen LogP contribution in [-0.4, -0.2) is 30.3 Å². The summed E-state index contributed by atoms with van der Waals surface area (Å²) >= 11 is 5.79. The van der Waals surface area contributed by atoms with Crippen molar-refractivity contribution in [3.05, 3.63) is 69.2 Å². The molecule has 0 radical (unpaired) electrons. The summed E-state index contributed by atoms with van der Waals surface area (Å²) in [6.07, 6.45) is 0. The van der Waals surface area contributed by atoms with Crippen molar-refractivity contribution < 1.29 is 19.1 Å². The maximum Gasteiger partial charge on any atom is 0.328 e. The highest BCUT2D eigenvalue weighted by atomic mass is 35.5. The summed E-state index contributed by atoms with van der Waals surface area (Å²) in [5, 5.41) is 3.05. The van der Waals surface area contributed by atoms with Crippen molar-refractivity contribution >= 4 is 29.3 Å². The van der Waals surface area contributed by atoms with E-state index in [0.29, 0.717) is 16.1 Å². The number of aryl methyl sites for hydroxylation is 3. The summed E-state index contributed by atoms with van der Waals surface area (Å²) in [6.45, 7) is 6.87. The minimum Gasteiger partial charge on any atom is -0.456 e. The van der Waals surface area contributed by atoms with Gasteiger partial charge in [-0.25, -0.2) is 4.79 Å². The van der Waals surface area contributed by atoms with Gasteiger partial charge in [0.2, 0.25) is 5.78 Å². The zero-order chi connectivity index (χ0) is 20.1. The van der Waals surface area contributed by atoms with Crippen molar-refractivity contribution in [1.82, 2.24) is 5.32 Å². The topological polar surface area (TPSA) is 72.5 Å². The molecule has 2 rings (SSSR count). The van der Waals surface area contributed by atoms with E-state index < -0.39 is 17.9 Å². The molecule has 0 aliphatic heterocycles. The van der Waals surface area contributed by atoms with Crippen LogP contribution >= 0.6 is 11.6 Å². The molecule has 1 N–H and O–H groups in total. The first-order chi connectivity index (χ1) is 12.7. The summed E-state index contributed by atoms with van der Waals surface area (Å²) in [5.74, 6) is -1.38. The standard InChI is InChI=1S/C21H22ClNO4/c1-12-9-14(3)18(10-13(12)2)19(24)11-27-21(26)15(4)23-20(25)16-5-7-17(22)8-6-16/h5-10,15H,11H2,1-4H3,(H,23,25)/t15-/m0/s1. The predicted molar refractivity (Wildman–Crippen MR) is 104 cm³/mol. The molecular formula is C21H22ClNO4. The third-order valence-electron chi connectivity index (χ3n) is 4.29. The number of benzene rings is 2. The lowest BCUT2D eigenvalue weighted by Gasteiger charge is -2.14. The van der Waals surface area contributed by atoms with Gasteiger partial charge in [0.05, 0.1) is 0 Å². The van der Waals surface area contributed by atoms with E-state index in [0.717, 1.165) is 16.7 Å². The van der Waals surface area contributed by atoms with Crippen molar-refractivity contribution in [2.24, 2.45) is 0 Å². The monoisotopic (exact) mass is 387 g/mol. The molecule has 2 aromatic carbocycles. The van der Waals surface area contributed by atoms with E-state index >= 15 is 0 Å². The Kier molecular flexibility index (Phi) is 6.75. The summed E-state index contributed by atoms with van der Waals surface area (Å²) in [7, 11) is 0. The zero-order valence-electron chi connectivity index (χ0n) is 15.8. The van der Waals surface area contributed by atoms with Gasteiger partial charge < -0.3 is 10.1 Å². The Morgan fingerprint density at radius 1 is 1.00 bits per heavy atom. The van der Waals surface area contributed by atoms with Gasteiger partial charge in [-0.15, -0.1) is 0 Å². The number of ether oxygens (including phenoxy) is 1. The summed E-state index contributed by atoms with van der Waals surface area (Å²) in [5.41, 5.74) is 3.84. The van der Waals surface area contributed by atoms with Crippen LogP contribution in [0.4, 0.5) is 0 Å². The number of rotatable bonds is 6. The number of ketones is 1. The van der Waals surface area contributed by atoms with E-state index in [1.807, 2.05) is 26.8 Å². The molecule has 27 heavy (non-hydrogen) atoms. The fourth-order valence-electron chi connectivity index (χ4n) is 2.54. The number of nitrogens with one attached hydrogen (secondary N) is 1. The minimum absolute atomic E-state index is 0.278. The number of carbonyl (C=O) groups is 3. The minimum atomic E-state index is -0.887. The third-order valence-corrected chi connectivity index (χ3v) is 4.55. The van der Waals surface area contributed by atoms with Gasteiger partial charge >= 0.3 is 5.97 Å². The Labute approximate surface area is 163 Å². The van der Waals surface area contributed by atoms with Gasteiger partial charge in [0.15, 0.2) is 6.61 Å². The second-order valence-electron chi connectivity index (χ2n) is 6.48. The van der Waals surface area contributed by atoms with Crippen LogP contribution < -0.4 is 5.32 Å². The lowest BCUT2D eigenvalue weighted by atomic mass is 9.98. The largest absolute Gasteiger partial charge is 0.456 e. The molecule has 0 saturated heterocycles. The van der Waals surface area contributed by atoms with Gasteiger partial charge in [-0.05, 0) is 74.7 Å². The van der Waals surface area contributed by atoms with Crippen molar-refractivity contribution in [3.8, 4) is 0 Å². The van der Waals surface area contributed by atoms with E-state index in [-0.39, 0.29) is 12.4 Å². The number of amides is 1. The Morgan fingerprint density at radius 2 is 1.59 bits per heavy atom. The van der Waals surface area contributed by atoms with Gasteiger partial charge in [-0.1, -0.05) is 17.7 Å². The molecule has 0 aliphatic carbocycles. The molecule has 0 unspecified atom stereocenters. The molecule has 0 fully saturated rings. The molecule has 0 saturated carbocycles. The molecule has 1 atom stereocenters.